The van der Waals surface area contributed by atoms with Crippen molar-refractivity contribution in [2.45, 2.75) is 0 Å². The number of halogens is 4. The molecule has 0 aliphatic rings. The predicted octanol–water partition coefficient (Wildman–Crippen LogP) is 5.24. The van der Waals surface area contributed by atoms with E-state index in [0.29, 0.717) is 19.1 Å². The van der Waals surface area contributed by atoms with E-state index in [-0.39, 0.29) is 11.3 Å². The van der Waals surface area contributed by atoms with E-state index in [2.05, 4.69) is 69.0 Å². The zero-order chi connectivity index (χ0) is 17.9. The zero-order valence-electron chi connectivity index (χ0n) is 11.8. The third-order valence-electron chi connectivity index (χ3n) is 2.79. The van der Waals surface area contributed by atoms with Gasteiger partial charge in [0.2, 0.25) is 0 Å². The van der Waals surface area contributed by atoms with Gasteiger partial charge in [-0.15, -0.1) is 0 Å². The number of amides is 1. The minimum Gasteiger partial charge on any atom is -0.506 e. The van der Waals surface area contributed by atoms with Crippen LogP contribution in [-0.2, 0) is 9.53 Å². The molecule has 0 radical (unpaired) electrons. The van der Waals surface area contributed by atoms with Crippen LogP contribution in [0.4, 0.5) is 5.69 Å². The van der Waals surface area contributed by atoms with E-state index in [1.54, 1.807) is 24.3 Å². The fourth-order valence-electron chi connectivity index (χ4n) is 1.71. The summed E-state index contributed by atoms with van der Waals surface area (Å²) in [5, 5.41) is 12.5. The van der Waals surface area contributed by atoms with E-state index in [1.165, 1.54) is 6.07 Å². The normalized spacial score (nSPS) is 10.3. The average molecular weight is 587 g/mol. The van der Waals surface area contributed by atoms with Gasteiger partial charge >= 0.3 is 5.97 Å². The minimum absolute atomic E-state index is 0.0473. The van der Waals surface area contributed by atoms with Crippen LogP contribution in [0.15, 0.2) is 48.2 Å². The molecule has 0 aromatic heterocycles. The fraction of sp³-hybridized carbons (Fsp3) is 0.0667. The van der Waals surface area contributed by atoms with Crippen molar-refractivity contribution in [2.24, 2.45) is 0 Å². The summed E-state index contributed by atoms with van der Waals surface area (Å²) in [5.74, 6) is -1.56. The predicted molar refractivity (Wildman–Crippen MR) is 104 cm³/mol. The second-order valence-electron chi connectivity index (χ2n) is 4.53. The molecule has 0 saturated carbocycles. The summed E-state index contributed by atoms with van der Waals surface area (Å²) in [4.78, 5) is 23.9. The molecule has 2 N–H and O–H groups in total. The Labute approximate surface area is 171 Å². The van der Waals surface area contributed by atoms with Gasteiger partial charge < -0.3 is 15.2 Å². The average Bonchev–Trinajstić information content (AvgIpc) is 2.51. The zero-order valence-corrected chi connectivity index (χ0v) is 18.1. The Balaban J connectivity index is 2.00. The lowest BCUT2D eigenvalue weighted by Crippen LogP contribution is -2.21. The van der Waals surface area contributed by atoms with Crippen molar-refractivity contribution >= 4 is 81.3 Å². The monoisotopic (exact) mass is 583 g/mol. The molecule has 0 aliphatic carbocycles. The lowest BCUT2D eigenvalue weighted by molar-refractivity contribution is -0.119. The molecule has 9 heteroatoms. The number of phenols is 1. The van der Waals surface area contributed by atoms with Gasteiger partial charge in [-0.2, -0.15) is 0 Å². The van der Waals surface area contributed by atoms with Gasteiger partial charge in [0.1, 0.15) is 11.3 Å². The quantitative estimate of drug-likeness (QED) is 0.481. The van der Waals surface area contributed by atoms with Gasteiger partial charge in [0.05, 0.1) is 10.2 Å². The van der Waals surface area contributed by atoms with E-state index in [4.69, 9.17) is 4.74 Å². The SMILES string of the molecule is O=C(COC(=O)c1cc(Br)cc(Br)c1O)Nc1ccc(Br)cc1Br. The molecular formula is C15H9Br4NO4. The summed E-state index contributed by atoms with van der Waals surface area (Å²) in [6.45, 7) is -0.481. The van der Waals surface area contributed by atoms with E-state index < -0.39 is 18.5 Å². The summed E-state index contributed by atoms with van der Waals surface area (Å²) < 4.78 is 7.41. The number of esters is 1. The highest BCUT2D eigenvalue weighted by molar-refractivity contribution is 9.11. The van der Waals surface area contributed by atoms with E-state index >= 15 is 0 Å². The van der Waals surface area contributed by atoms with Gasteiger partial charge in [-0.25, -0.2) is 4.79 Å². The topological polar surface area (TPSA) is 75.6 Å². The fourth-order valence-corrected chi connectivity index (χ4v) is 4.08. The van der Waals surface area contributed by atoms with Crippen molar-refractivity contribution in [3.63, 3.8) is 0 Å². The molecule has 126 valence electrons. The van der Waals surface area contributed by atoms with E-state index in [0.717, 1.165) is 4.47 Å². The number of anilines is 1. The highest BCUT2D eigenvalue weighted by Gasteiger charge is 2.18. The van der Waals surface area contributed by atoms with E-state index in [9.17, 15) is 14.7 Å². The molecule has 2 rings (SSSR count). The molecule has 24 heavy (non-hydrogen) atoms. The smallest absolute Gasteiger partial charge is 0.342 e. The first kappa shape index (κ1) is 19.4. The van der Waals surface area contributed by atoms with Crippen LogP contribution < -0.4 is 5.32 Å². The van der Waals surface area contributed by atoms with Crippen LogP contribution >= 0.6 is 63.7 Å². The van der Waals surface area contributed by atoms with Crippen LogP contribution in [0, 0.1) is 0 Å². The third-order valence-corrected chi connectivity index (χ3v) is 5.00. The molecule has 2 aromatic carbocycles. The Kier molecular flexibility index (Phi) is 6.85. The van der Waals surface area contributed by atoms with Gasteiger partial charge in [-0.1, -0.05) is 31.9 Å². The molecule has 1 amide bonds. The van der Waals surface area contributed by atoms with Crippen LogP contribution in [0.2, 0.25) is 0 Å². The Morgan fingerprint density at radius 3 is 2.33 bits per heavy atom. The molecule has 0 aliphatic heterocycles. The Morgan fingerprint density at radius 2 is 1.67 bits per heavy atom. The number of aromatic hydroxyl groups is 1. The van der Waals surface area contributed by atoms with Gasteiger partial charge in [0.15, 0.2) is 6.61 Å². The van der Waals surface area contributed by atoms with Crippen molar-refractivity contribution in [3.8, 4) is 5.75 Å². The first-order chi connectivity index (χ1) is 11.3. The van der Waals surface area contributed by atoms with Gasteiger partial charge in [0, 0.05) is 13.4 Å². The number of rotatable bonds is 4. The summed E-state index contributed by atoms with van der Waals surface area (Å²) in [5.41, 5.74) is 0.501. The maximum atomic E-state index is 12.0. The molecular weight excluding hydrogens is 578 g/mol. The maximum absolute atomic E-state index is 12.0. The number of nitrogens with one attached hydrogen (secondary N) is 1. The number of hydrogen-bond donors (Lipinski definition) is 2. The van der Waals surface area contributed by atoms with Crippen molar-refractivity contribution in [3.05, 3.63) is 53.8 Å². The third kappa shape index (κ3) is 5.05. The molecule has 2 aromatic rings. The highest BCUT2D eigenvalue weighted by Crippen LogP contribution is 2.32. The molecule has 0 heterocycles. The number of carbonyl (C=O) groups excluding carboxylic acids is 2. The summed E-state index contributed by atoms with van der Waals surface area (Å²) in [6.07, 6.45) is 0. The van der Waals surface area contributed by atoms with Crippen molar-refractivity contribution < 1.29 is 19.4 Å². The van der Waals surface area contributed by atoms with Crippen LogP contribution in [-0.4, -0.2) is 23.6 Å². The van der Waals surface area contributed by atoms with Crippen LogP contribution in [0.3, 0.4) is 0 Å². The summed E-state index contributed by atoms with van der Waals surface area (Å²) in [6, 6.07) is 8.24. The largest absolute Gasteiger partial charge is 0.506 e. The standard InChI is InChI=1S/C15H9Br4NO4/c16-7-1-2-12(10(18)4-7)20-13(21)6-24-15(23)9-3-8(17)5-11(19)14(9)22/h1-5,22H,6H2,(H,20,21). The van der Waals surface area contributed by atoms with Crippen molar-refractivity contribution in [1.82, 2.24) is 0 Å². The molecule has 0 fully saturated rings. The second kappa shape index (κ2) is 8.46. The van der Waals surface area contributed by atoms with Crippen LogP contribution in [0.5, 0.6) is 5.75 Å². The van der Waals surface area contributed by atoms with E-state index in [1.807, 2.05) is 0 Å². The van der Waals surface area contributed by atoms with Crippen molar-refractivity contribution in [1.29, 1.82) is 0 Å². The van der Waals surface area contributed by atoms with Gasteiger partial charge in [-0.3, -0.25) is 4.79 Å². The lowest BCUT2D eigenvalue weighted by atomic mass is 10.2. The Hall–Kier alpha value is -0.900. The van der Waals surface area contributed by atoms with Gasteiger partial charge in [0.25, 0.3) is 5.91 Å². The maximum Gasteiger partial charge on any atom is 0.342 e. The summed E-state index contributed by atoms with van der Waals surface area (Å²) in [7, 11) is 0. The minimum atomic E-state index is -0.806. The lowest BCUT2D eigenvalue weighted by Gasteiger charge is -2.10. The first-order valence-corrected chi connectivity index (χ1v) is 9.55. The Morgan fingerprint density at radius 1 is 1.00 bits per heavy atom. The first-order valence-electron chi connectivity index (χ1n) is 6.38. The molecule has 0 bridgehead atoms. The van der Waals surface area contributed by atoms with Crippen molar-refractivity contribution in [2.75, 3.05) is 11.9 Å². The molecule has 0 atom stereocenters. The number of phenolic OH excluding ortho intramolecular Hbond substituents is 1. The second-order valence-corrected chi connectivity index (χ2v) is 8.07. The Bertz CT molecular complexity index is 810. The number of hydrogen-bond acceptors (Lipinski definition) is 4. The molecule has 0 saturated heterocycles. The van der Waals surface area contributed by atoms with Crippen LogP contribution in [0.25, 0.3) is 0 Å². The molecule has 0 unspecified atom stereocenters. The number of carbonyl (C=O) groups is 2. The van der Waals surface area contributed by atoms with Crippen LogP contribution in [0.1, 0.15) is 10.4 Å². The van der Waals surface area contributed by atoms with Gasteiger partial charge in [-0.05, 0) is 62.2 Å². The number of ether oxygens (including phenoxy) is 1. The molecule has 0 spiro atoms. The number of benzene rings is 2. The summed E-state index contributed by atoms with van der Waals surface area (Å²) >= 11 is 13.0. The molecule has 5 nitrogen and oxygen atoms in total. The highest BCUT2D eigenvalue weighted by atomic mass is 79.9.